The van der Waals surface area contributed by atoms with Gasteiger partial charge in [0.25, 0.3) is 5.91 Å². The number of hydrogen-bond donors (Lipinski definition) is 3. The fraction of sp³-hybridized carbons (Fsp3) is 0.615. The molecular weight excluding hydrogens is 527 g/mol. The molecule has 4 saturated carbocycles. The molecule has 5 aliphatic rings. The molecule has 0 saturated heterocycles. The Morgan fingerprint density at radius 1 is 1.18 bits per heavy atom. The minimum atomic E-state index is -4.63. The first-order valence-electron chi connectivity index (χ1n) is 12.9. The SMILES string of the molecule is O=C(NC12CCC(n3cnc([C@H]4C[C@@H](OC(F)(F)F)C4)c3)(CC1)C[C@@H]2O)C1CC(O)c2cc(Cl)ccc2O1. The van der Waals surface area contributed by atoms with E-state index in [4.69, 9.17) is 16.3 Å². The van der Waals surface area contributed by atoms with E-state index in [0.29, 0.717) is 48.4 Å². The smallest absolute Gasteiger partial charge is 0.480 e. The topological polar surface area (TPSA) is 106 Å². The average Bonchev–Trinajstić information content (AvgIpc) is 3.32. The summed E-state index contributed by atoms with van der Waals surface area (Å²) >= 11 is 6.01. The number of fused-ring (bicyclic) bond motifs is 4. The van der Waals surface area contributed by atoms with Crippen LogP contribution in [0.5, 0.6) is 5.75 Å². The van der Waals surface area contributed by atoms with Crippen molar-refractivity contribution in [2.24, 2.45) is 0 Å². The Hall–Kier alpha value is -2.34. The van der Waals surface area contributed by atoms with Gasteiger partial charge in [0.05, 0.1) is 35.9 Å². The summed E-state index contributed by atoms with van der Waals surface area (Å²) in [4.78, 5) is 17.7. The predicted molar refractivity (Wildman–Crippen MR) is 129 cm³/mol. The fourth-order valence-electron chi connectivity index (χ4n) is 6.63. The number of carbonyl (C=O) groups is 1. The lowest BCUT2D eigenvalue weighted by Crippen LogP contribution is -2.68. The van der Waals surface area contributed by atoms with Crippen LogP contribution in [0, 0.1) is 0 Å². The van der Waals surface area contributed by atoms with Crippen molar-refractivity contribution in [1.29, 1.82) is 0 Å². The van der Waals surface area contributed by atoms with Crippen LogP contribution in [0.15, 0.2) is 30.7 Å². The van der Waals surface area contributed by atoms with Crippen molar-refractivity contribution in [1.82, 2.24) is 14.9 Å². The van der Waals surface area contributed by atoms with E-state index >= 15 is 0 Å². The van der Waals surface area contributed by atoms with Gasteiger partial charge in [-0.05, 0) is 63.1 Å². The van der Waals surface area contributed by atoms with Gasteiger partial charge in [0, 0.05) is 34.7 Å². The van der Waals surface area contributed by atoms with E-state index in [-0.39, 0.29) is 36.6 Å². The summed E-state index contributed by atoms with van der Waals surface area (Å²) in [6.07, 6.45) is -0.860. The molecule has 12 heteroatoms. The number of alkyl halides is 3. The molecule has 1 aromatic heterocycles. The lowest BCUT2D eigenvalue weighted by Gasteiger charge is -2.56. The van der Waals surface area contributed by atoms with Crippen LogP contribution in [0.1, 0.15) is 74.6 Å². The minimum Gasteiger partial charge on any atom is -0.480 e. The van der Waals surface area contributed by atoms with E-state index in [9.17, 15) is 28.2 Å². The van der Waals surface area contributed by atoms with Gasteiger partial charge >= 0.3 is 6.36 Å². The number of aromatic nitrogens is 2. The van der Waals surface area contributed by atoms with Gasteiger partial charge in [-0.25, -0.2) is 4.98 Å². The van der Waals surface area contributed by atoms with Crippen LogP contribution in [0.25, 0.3) is 0 Å². The molecule has 1 aliphatic heterocycles. The molecule has 3 atom stereocenters. The monoisotopic (exact) mass is 555 g/mol. The first kappa shape index (κ1) is 25.9. The van der Waals surface area contributed by atoms with Crippen molar-refractivity contribution >= 4 is 17.5 Å². The van der Waals surface area contributed by atoms with Crippen LogP contribution in [0.4, 0.5) is 13.2 Å². The molecular formula is C26H29ClF3N3O5. The minimum absolute atomic E-state index is 0.0810. The number of benzene rings is 1. The lowest BCUT2D eigenvalue weighted by molar-refractivity contribution is -0.351. The van der Waals surface area contributed by atoms with E-state index in [1.54, 1.807) is 24.5 Å². The Morgan fingerprint density at radius 3 is 2.61 bits per heavy atom. The van der Waals surface area contributed by atoms with Gasteiger partial charge in [0.15, 0.2) is 6.10 Å². The fourth-order valence-corrected chi connectivity index (χ4v) is 6.81. The summed E-state index contributed by atoms with van der Waals surface area (Å²) in [5.74, 6) is -0.0394. The van der Waals surface area contributed by atoms with Gasteiger partial charge < -0.3 is 24.8 Å². The Labute approximate surface area is 222 Å². The highest BCUT2D eigenvalue weighted by Gasteiger charge is 2.56. The summed E-state index contributed by atoms with van der Waals surface area (Å²) in [5.41, 5.74) is 0.136. The molecule has 0 radical (unpaired) electrons. The summed E-state index contributed by atoms with van der Waals surface area (Å²) < 4.78 is 49.3. The maximum atomic E-state index is 13.2. The first-order chi connectivity index (χ1) is 18.0. The summed E-state index contributed by atoms with van der Waals surface area (Å²) in [6.45, 7) is 0. The first-order valence-corrected chi connectivity index (χ1v) is 13.3. The second kappa shape index (κ2) is 9.11. The largest absolute Gasteiger partial charge is 0.522 e. The van der Waals surface area contributed by atoms with Crippen LogP contribution in [-0.2, 0) is 15.1 Å². The maximum Gasteiger partial charge on any atom is 0.522 e. The van der Waals surface area contributed by atoms with Gasteiger partial charge in [-0.1, -0.05) is 11.6 Å². The normalized spacial score (nSPS) is 36.2. The van der Waals surface area contributed by atoms with Crippen molar-refractivity contribution in [3.63, 3.8) is 0 Å². The number of carbonyl (C=O) groups excluding carboxylic acids is 1. The van der Waals surface area contributed by atoms with Gasteiger partial charge in [0.2, 0.25) is 0 Å². The Balaban J connectivity index is 1.09. The molecule has 1 amide bonds. The molecule has 2 aromatic rings. The highest BCUT2D eigenvalue weighted by atomic mass is 35.5. The Kier molecular flexibility index (Phi) is 6.21. The number of ether oxygens (including phenoxy) is 2. The molecule has 1 aromatic carbocycles. The van der Waals surface area contributed by atoms with Crippen molar-refractivity contribution in [2.45, 2.75) is 99.1 Å². The number of rotatable bonds is 5. The third-order valence-electron chi connectivity index (χ3n) is 8.95. The number of imidazole rings is 1. The standard InChI is InChI=1S/C26H29ClF3N3O5/c27-15-1-2-20-17(9-15)19(34)10-21(37-20)23(36)32-25-5-3-24(4-6-25,11-22(25)35)33-12-18(31-13-33)14-7-16(8-14)38-26(28,29)30/h1-2,9,12-14,16,19,21-22,34-35H,3-8,10-11H2,(H,32,36)/t14-,16+,19?,21?,22-,24?,25?/m0/s1. The van der Waals surface area contributed by atoms with Crippen molar-refractivity contribution in [3.05, 3.63) is 47.0 Å². The zero-order chi connectivity index (χ0) is 26.9. The molecule has 4 aliphatic carbocycles. The van der Waals surface area contributed by atoms with Gasteiger partial charge in [-0.15, -0.1) is 13.2 Å². The van der Waals surface area contributed by atoms with Gasteiger partial charge in [-0.2, -0.15) is 0 Å². The van der Waals surface area contributed by atoms with Crippen LogP contribution in [0.3, 0.4) is 0 Å². The molecule has 8 nitrogen and oxygen atoms in total. The van der Waals surface area contributed by atoms with Crippen molar-refractivity contribution in [2.75, 3.05) is 0 Å². The second-order valence-electron chi connectivity index (χ2n) is 11.2. The summed E-state index contributed by atoms with van der Waals surface area (Å²) in [7, 11) is 0. The van der Waals surface area contributed by atoms with E-state index in [1.165, 1.54) is 0 Å². The zero-order valence-electron chi connectivity index (χ0n) is 20.5. The second-order valence-corrected chi connectivity index (χ2v) is 11.6. The van der Waals surface area contributed by atoms with Crippen molar-refractivity contribution < 1.29 is 37.7 Å². The van der Waals surface area contributed by atoms with Crippen LogP contribution in [0.2, 0.25) is 5.02 Å². The number of nitrogens with one attached hydrogen (secondary N) is 1. The molecule has 2 unspecified atom stereocenters. The number of halogens is 4. The number of amides is 1. The molecule has 3 N–H and O–H groups in total. The predicted octanol–water partition coefficient (Wildman–Crippen LogP) is 4.09. The lowest BCUT2D eigenvalue weighted by atomic mass is 9.59. The van der Waals surface area contributed by atoms with Crippen molar-refractivity contribution in [3.8, 4) is 5.75 Å². The molecule has 2 bridgehead atoms. The number of aliphatic hydroxyl groups is 2. The quantitative estimate of drug-likeness (QED) is 0.513. The van der Waals surface area contributed by atoms with E-state index in [0.717, 1.165) is 5.69 Å². The third kappa shape index (κ3) is 4.57. The number of nitrogens with zero attached hydrogens (tertiary/aromatic N) is 2. The summed E-state index contributed by atoms with van der Waals surface area (Å²) in [5, 5.41) is 25.3. The Morgan fingerprint density at radius 2 is 1.92 bits per heavy atom. The van der Waals surface area contributed by atoms with E-state index in [2.05, 4.69) is 15.0 Å². The number of hydrogen-bond acceptors (Lipinski definition) is 6. The van der Waals surface area contributed by atoms with Crippen LogP contribution < -0.4 is 10.1 Å². The molecule has 0 spiro atoms. The molecule has 7 rings (SSSR count). The highest BCUT2D eigenvalue weighted by molar-refractivity contribution is 6.30. The number of aliphatic hydroxyl groups excluding tert-OH is 2. The van der Waals surface area contributed by atoms with Crippen LogP contribution in [-0.4, -0.2) is 55.9 Å². The van der Waals surface area contributed by atoms with Gasteiger partial charge in [-0.3, -0.25) is 9.53 Å². The highest BCUT2D eigenvalue weighted by Crippen LogP contribution is 2.52. The average molecular weight is 556 g/mol. The maximum absolute atomic E-state index is 13.2. The molecule has 4 fully saturated rings. The van der Waals surface area contributed by atoms with E-state index in [1.807, 2.05) is 10.8 Å². The molecule has 206 valence electrons. The zero-order valence-corrected chi connectivity index (χ0v) is 21.2. The Bertz CT molecular complexity index is 1220. The molecule has 38 heavy (non-hydrogen) atoms. The molecule has 2 heterocycles. The summed E-state index contributed by atoms with van der Waals surface area (Å²) in [6, 6.07) is 4.90. The van der Waals surface area contributed by atoms with E-state index < -0.39 is 36.3 Å². The van der Waals surface area contributed by atoms with Gasteiger partial charge in [0.1, 0.15) is 5.75 Å². The third-order valence-corrected chi connectivity index (χ3v) is 9.18. The van der Waals surface area contributed by atoms with Crippen LogP contribution >= 0.6 is 11.6 Å².